The van der Waals surface area contributed by atoms with Crippen LogP contribution in [0.15, 0.2) is 11.6 Å². The maximum absolute atomic E-state index is 14.5. The molecule has 10 aliphatic rings. The third kappa shape index (κ3) is 15.0. The summed E-state index contributed by atoms with van der Waals surface area (Å²) >= 11 is 0. The summed E-state index contributed by atoms with van der Waals surface area (Å²) in [6.45, 7) is 18.9. The molecule has 0 amide bonds. The quantitative estimate of drug-likeness (QED) is 0.0456. The highest BCUT2D eigenvalue weighted by Gasteiger charge is 2.64. The molecule has 9 fully saturated rings. The average Bonchev–Trinajstić information content (AvgIpc) is 1.25. The number of ether oxygens (including phenoxy) is 12. The summed E-state index contributed by atoms with van der Waals surface area (Å²) in [6.07, 6.45) is -45.3. The Labute approximate surface area is 559 Å². The van der Waals surface area contributed by atoms with Crippen LogP contribution in [0.1, 0.15) is 134 Å². The standard InChI is InChI=1S/C64H106O31S/c1-23(2)24(3)14-19-64(11,79)37-13-12-32-31-21-35(34-20-30(95-96(80,81)82)15-17-62(34,9)33(31)16-18-63(32,37)10)88-58-49(77)53(41(69)27(6)84-58)92-61-55(94-56-46(74)43(71)38(66)25(4)83-56)48(76)51(29(8)87-61)90-60-54(45(73)39(67)26(5)86-60)93-59-50(78)52(40(68)28(7)85-59)91-57-47(75)44(72)42(70)36(22-65)89-57/h16,23-32,34-40,42-61,65-68,70-79H,12-15,17-22H2,1-11H3,(H,80,81,82)/t24-,25-,26-,27-,28-,29-,30+,31-,32-,34+,35-,36-,37+,38-,39+,40+,42+,43?,44-,45-,46+,47+,48-,49-,50+,51-,52-,53-,54+,55+,56+,57+,58+,59+,60+,61+,62-,63-,64-/m0/s1. The van der Waals surface area contributed by atoms with Crippen molar-refractivity contribution >= 4 is 16.2 Å². The van der Waals surface area contributed by atoms with Gasteiger partial charge < -0.3 is 128 Å². The highest BCUT2D eigenvalue weighted by atomic mass is 32.3. The molecule has 0 radical (unpaired) electrons. The number of ketones is 1. The van der Waals surface area contributed by atoms with E-state index in [9.17, 15) is 89.3 Å². The largest absolute Gasteiger partial charge is 0.397 e. The third-order valence-electron chi connectivity index (χ3n) is 23.6. The Bertz CT molecular complexity index is 2770. The van der Waals surface area contributed by atoms with Gasteiger partial charge in [-0.1, -0.05) is 46.3 Å². The molecule has 0 aromatic carbocycles. The van der Waals surface area contributed by atoms with E-state index in [-0.39, 0.29) is 36.0 Å². The van der Waals surface area contributed by atoms with Crippen LogP contribution >= 0.6 is 0 Å². The lowest BCUT2D eigenvalue weighted by Crippen LogP contribution is -2.68. The van der Waals surface area contributed by atoms with Crippen LogP contribution in [-0.2, 0) is 76.2 Å². The summed E-state index contributed by atoms with van der Waals surface area (Å²) < 4.78 is 113. The van der Waals surface area contributed by atoms with Crippen LogP contribution in [0.3, 0.4) is 0 Å². The van der Waals surface area contributed by atoms with Gasteiger partial charge in [-0.3, -0.25) is 9.35 Å². The number of allylic oxidation sites excluding steroid dienone is 2. The van der Waals surface area contributed by atoms with Gasteiger partial charge in [-0.15, -0.1) is 0 Å². The van der Waals surface area contributed by atoms with Crippen molar-refractivity contribution in [3.63, 3.8) is 0 Å². The minimum atomic E-state index is -4.89. The van der Waals surface area contributed by atoms with Crippen LogP contribution in [-0.4, -0.2) is 293 Å². The Morgan fingerprint density at radius 1 is 0.573 bits per heavy atom. The second-order valence-electron chi connectivity index (χ2n) is 30.1. The molecule has 15 N–H and O–H groups in total. The number of hydrogen-bond donors (Lipinski definition) is 15. The van der Waals surface area contributed by atoms with Crippen molar-refractivity contribution in [3.05, 3.63) is 11.6 Å². The minimum Gasteiger partial charge on any atom is -0.394 e. The molecule has 6 heterocycles. The van der Waals surface area contributed by atoms with Crippen molar-refractivity contribution in [1.82, 2.24) is 0 Å². The van der Waals surface area contributed by atoms with E-state index in [1.807, 2.05) is 6.92 Å². The highest BCUT2D eigenvalue weighted by Crippen LogP contribution is 2.68. The van der Waals surface area contributed by atoms with Crippen LogP contribution in [0.5, 0.6) is 0 Å². The normalized spacial score (nSPS) is 52.0. The number of carbonyl (C=O) groups is 1. The summed E-state index contributed by atoms with van der Waals surface area (Å²) in [5, 5.41) is 158. The fourth-order valence-electron chi connectivity index (χ4n) is 17.3. The van der Waals surface area contributed by atoms with E-state index in [4.69, 9.17) is 61.0 Å². The number of Topliss-reactive ketones (excluding diaryl/α,β-unsaturated/α-hetero) is 1. The predicted molar refractivity (Wildman–Crippen MR) is 325 cm³/mol. The molecule has 0 aromatic heterocycles. The van der Waals surface area contributed by atoms with Gasteiger partial charge in [0.1, 0.15) is 110 Å². The Balaban J connectivity index is 0.908. The molecule has 4 aliphatic carbocycles. The summed E-state index contributed by atoms with van der Waals surface area (Å²) in [7, 11) is -4.89. The number of aliphatic hydroxyl groups is 14. The molecule has 0 bridgehead atoms. The Morgan fingerprint density at radius 2 is 1.10 bits per heavy atom. The van der Waals surface area contributed by atoms with Crippen LogP contribution in [0, 0.1) is 46.3 Å². The first-order valence-electron chi connectivity index (χ1n) is 34.1. The summed E-state index contributed by atoms with van der Waals surface area (Å²) in [4.78, 5) is 14.5. The molecular weight excluding hydrogens is 1300 g/mol. The van der Waals surface area contributed by atoms with Crippen molar-refractivity contribution in [2.75, 3.05) is 6.61 Å². The van der Waals surface area contributed by atoms with Gasteiger partial charge in [-0.05, 0) is 146 Å². The van der Waals surface area contributed by atoms with Crippen molar-refractivity contribution in [2.24, 2.45) is 46.3 Å². The molecule has 31 nitrogen and oxygen atoms in total. The van der Waals surface area contributed by atoms with Crippen LogP contribution in [0.2, 0.25) is 0 Å². The molecule has 96 heavy (non-hydrogen) atoms. The SMILES string of the molecule is CC(C)[C@@H](C)CC[C@](C)(O)[C@@H]1CC[C@H]2[C@@H]3C[C@H](O[C@H]4O[C@@H](C)C(=O)[C@H](O[C@H]5O[C@@H](C)[C@H](O[C@H]6O[C@@H](C)[C@@H](O)[C@H](O)[C@H]6O[C@H]6O[C@@H](C)[C@@H](O)[C@H](O[C@H]7O[C@@H](CO)[C@@H](O)[C@H](O)[C@H]7O)[C@H]6O)[C@H](O)[C@H]5O[C@H]5O[C@@H](C)[C@H](O)C(O)[C@H]5O)[C@@H]4O)[C@H]4C[C@H](OS(=O)(=O)O)CC[C@@]4(C)C3=CC[C@]12C. The summed E-state index contributed by atoms with van der Waals surface area (Å²) in [5.41, 5.74) is -0.747. The van der Waals surface area contributed by atoms with E-state index in [1.165, 1.54) is 40.2 Å². The molecule has 39 atom stereocenters. The smallest absolute Gasteiger partial charge is 0.394 e. The fraction of sp³-hybridized carbons (Fsp3) is 0.953. The first kappa shape index (κ1) is 76.9. The van der Waals surface area contributed by atoms with Gasteiger partial charge in [0.25, 0.3) is 0 Å². The lowest BCUT2D eigenvalue weighted by atomic mass is 9.47. The molecule has 554 valence electrons. The van der Waals surface area contributed by atoms with Gasteiger partial charge in [0.05, 0.1) is 48.8 Å². The minimum absolute atomic E-state index is 0.0427. The summed E-state index contributed by atoms with van der Waals surface area (Å²) in [6, 6.07) is 0. The number of carbonyl (C=O) groups excluding carboxylic acids is 1. The lowest BCUT2D eigenvalue weighted by molar-refractivity contribution is -0.403. The molecule has 0 aromatic rings. The van der Waals surface area contributed by atoms with Gasteiger partial charge in [0.2, 0.25) is 0 Å². The third-order valence-corrected chi connectivity index (χ3v) is 24.1. The number of aliphatic hydroxyl groups excluding tert-OH is 13. The van der Waals surface area contributed by atoms with Crippen molar-refractivity contribution in [2.45, 2.75) is 330 Å². The Hall–Kier alpha value is -1.76. The van der Waals surface area contributed by atoms with E-state index in [0.29, 0.717) is 37.5 Å². The molecule has 6 saturated heterocycles. The van der Waals surface area contributed by atoms with E-state index in [2.05, 4.69) is 40.7 Å². The van der Waals surface area contributed by atoms with Gasteiger partial charge in [0, 0.05) is 0 Å². The zero-order chi connectivity index (χ0) is 70.5. The Kier molecular flexibility index (Phi) is 23.8. The molecule has 3 saturated carbocycles. The fourth-order valence-corrected chi connectivity index (χ4v) is 17.8. The molecular formula is C64H106O31S. The van der Waals surface area contributed by atoms with Gasteiger partial charge in [-0.25, -0.2) is 4.18 Å². The molecule has 6 aliphatic heterocycles. The zero-order valence-electron chi connectivity index (χ0n) is 56.2. The topological polar surface area (TPSA) is 475 Å². The summed E-state index contributed by atoms with van der Waals surface area (Å²) in [5.74, 6) is -0.558. The molecule has 0 spiro atoms. The maximum atomic E-state index is 14.5. The van der Waals surface area contributed by atoms with Crippen molar-refractivity contribution in [1.29, 1.82) is 0 Å². The van der Waals surface area contributed by atoms with Crippen LogP contribution in [0.4, 0.5) is 0 Å². The second-order valence-corrected chi connectivity index (χ2v) is 31.2. The first-order chi connectivity index (χ1) is 44.8. The van der Waals surface area contributed by atoms with Crippen LogP contribution in [0.25, 0.3) is 0 Å². The molecule has 32 heteroatoms. The van der Waals surface area contributed by atoms with Crippen LogP contribution < -0.4 is 0 Å². The number of fused-ring (bicyclic) bond motifs is 5. The van der Waals surface area contributed by atoms with Gasteiger partial charge in [-0.2, -0.15) is 8.42 Å². The van der Waals surface area contributed by atoms with Crippen molar-refractivity contribution in [3.8, 4) is 0 Å². The average molecular weight is 1400 g/mol. The molecule has 10 rings (SSSR count). The number of rotatable bonds is 20. The zero-order valence-corrected chi connectivity index (χ0v) is 57.0. The highest BCUT2D eigenvalue weighted by molar-refractivity contribution is 7.80. The van der Waals surface area contributed by atoms with Crippen molar-refractivity contribution < 1.29 is 150 Å². The van der Waals surface area contributed by atoms with E-state index >= 15 is 0 Å². The lowest BCUT2D eigenvalue weighted by Gasteiger charge is -2.60. The van der Waals surface area contributed by atoms with Gasteiger partial charge in [0.15, 0.2) is 49.6 Å². The molecule has 1 unspecified atom stereocenters. The van der Waals surface area contributed by atoms with E-state index in [1.54, 1.807) is 0 Å². The van der Waals surface area contributed by atoms with E-state index in [0.717, 1.165) is 19.3 Å². The Morgan fingerprint density at radius 3 is 1.73 bits per heavy atom. The number of hydrogen-bond acceptors (Lipinski definition) is 30. The van der Waals surface area contributed by atoms with Gasteiger partial charge >= 0.3 is 10.4 Å². The first-order valence-corrected chi connectivity index (χ1v) is 35.4. The monoisotopic (exact) mass is 1400 g/mol. The predicted octanol–water partition coefficient (Wildman–Crippen LogP) is -2.16. The second kappa shape index (κ2) is 29.8. The maximum Gasteiger partial charge on any atom is 0.397 e. The van der Waals surface area contributed by atoms with E-state index < -0.39 is 230 Å².